The van der Waals surface area contributed by atoms with Crippen LogP contribution in [0.3, 0.4) is 0 Å². The van der Waals surface area contributed by atoms with Crippen molar-refractivity contribution in [2.75, 3.05) is 19.6 Å². The van der Waals surface area contributed by atoms with Crippen molar-refractivity contribution in [3.8, 4) is 0 Å². The molecule has 2 heterocycles. The zero-order valence-corrected chi connectivity index (χ0v) is 22.0. The lowest BCUT2D eigenvalue weighted by atomic mass is 10.1. The van der Waals surface area contributed by atoms with Gasteiger partial charge in [0.05, 0.1) is 10.5 Å². The summed E-state index contributed by atoms with van der Waals surface area (Å²) in [5.41, 5.74) is 6.38. The summed E-state index contributed by atoms with van der Waals surface area (Å²) >= 11 is 5.82. The molecule has 2 aromatic carbocycles. The second kappa shape index (κ2) is 13.4. The van der Waals surface area contributed by atoms with Gasteiger partial charge in [0.1, 0.15) is 18.4 Å². The van der Waals surface area contributed by atoms with Crippen LogP contribution in [0, 0.1) is 5.82 Å². The van der Waals surface area contributed by atoms with Crippen molar-refractivity contribution >= 4 is 46.2 Å². The first-order valence-corrected chi connectivity index (χ1v) is 12.4. The number of aromatic nitrogens is 2. The Hall–Kier alpha value is -4.24. The number of aliphatic carboxylic acids is 1. The molecule has 220 valence electrons. The van der Waals surface area contributed by atoms with Crippen LogP contribution in [0.4, 0.5) is 17.6 Å². The molecule has 41 heavy (non-hydrogen) atoms. The van der Waals surface area contributed by atoms with Gasteiger partial charge in [0.2, 0.25) is 11.8 Å². The molecule has 5 N–H and O–H groups in total. The fraction of sp³-hybridized carbons (Fsp3) is 0.320. The molecule has 1 aliphatic rings. The Morgan fingerprint density at radius 1 is 1.12 bits per heavy atom. The molecular formula is C25H25ClF4N6O5. The first-order chi connectivity index (χ1) is 19.3. The fourth-order valence-corrected chi connectivity index (χ4v) is 4.27. The van der Waals surface area contributed by atoms with E-state index in [4.69, 9.17) is 27.2 Å². The molecule has 1 saturated heterocycles. The Bertz CT molecular complexity index is 1450. The molecule has 0 spiro atoms. The standard InChI is InChI=1S/C23H24ClFN6O3.C2HF3O2/c24-16-6-3-4-14(20(16)25)12-28-23(34)18-8-9-27-10-11-30(18)19(32)13-31-17-7-2-1-5-15(17)21(29-31)22(26)33;3-2(4,5)1(6)7/h1-7,18,27H,8-13H2,(H2,26,33)(H,28,34);(H,6,7). The maximum atomic E-state index is 14.2. The quantitative estimate of drug-likeness (QED) is 0.315. The van der Waals surface area contributed by atoms with Gasteiger partial charge in [0.25, 0.3) is 5.91 Å². The molecule has 0 radical (unpaired) electrons. The summed E-state index contributed by atoms with van der Waals surface area (Å²) in [6.45, 7) is 1.16. The van der Waals surface area contributed by atoms with Crippen molar-refractivity contribution in [2.45, 2.75) is 31.7 Å². The van der Waals surface area contributed by atoms with E-state index in [9.17, 15) is 31.9 Å². The predicted molar refractivity (Wildman–Crippen MR) is 138 cm³/mol. The van der Waals surface area contributed by atoms with Crippen molar-refractivity contribution in [3.05, 3.63) is 64.6 Å². The molecule has 1 aliphatic heterocycles. The van der Waals surface area contributed by atoms with Crippen LogP contribution in [0.5, 0.6) is 0 Å². The molecule has 1 aromatic heterocycles. The maximum Gasteiger partial charge on any atom is 0.490 e. The Kier molecular flexibility index (Phi) is 10.2. The number of benzene rings is 2. The number of para-hydroxylation sites is 1. The van der Waals surface area contributed by atoms with Gasteiger partial charge in [0.15, 0.2) is 5.69 Å². The van der Waals surface area contributed by atoms with Crippen molar-refractivity contribution < 1.29 is 41.8 Å². The number of amides is 3. The lowest BCUT2D eigenvalue weighted by Crippen LogP contribution is -2.50. The van der Waals surface area contributed by atoms with E-state index in [-0.39, 0.29) is 41.2 Å². The van der Waals surface area contributed by atoms with E-state index in [1.807, 2.05) is 0 Å². The van der Waals surface area contributed by atoms with Crippen molar-refractivity contribution in [1.29, 1.82) is 0 Å². The molecule has 0 saturated carbocycles. The monoisotopic (exact) mass is 600 g/mol. The number of hydrogen-bond donors (Lipinski definition) is 4. The van der Waals surface area contributed by atoms with Crippen LogP contribution in [-0.4, -0.2) is 75.3 Å². The highest BCUT2D eigenvalue weighted by Crippen LogP contribution is 2.20. The van der Waals surface area contributed by atoms with Gasteiger partial charge in [-0.25, -0.2) is 9.18 Å². The van der Waals surface area contributed by atoms with Crippen LogP contribution in [0.1, 0.15) is 22.5 Å². The summed E-state index contributed by atoms with van der Waals surface area (Å²) in [6, 6.07) is 10.8. The third-order valence-electron chi connectivity index (χ3n) is 6.03. The van der Waals surface area contributed by atoms with Crippen LogP contribution >= 0.6 is 11.6 Å². The number of carbonyl (C=O) groups excluding carboxylic acids is 3. The number of nitrogens with one attached hydrogen (secondary N) is 2. The number of alkyl halides is 3. The SMILES string of the molecule is NC(=O)c1nn(CC(=O)N2CCNCCC2C(=O)NCc2cccc(Cl)c2F)c2ccccc12.O=C(O)C(F)(F)F. The van der Waals surface area contributed by atoms with E-state index in [0.717, 1.165) is 0 Å². The number of nitrogens with zero attached hydrogens (tertiary/aromatic N) is 3. The Morgan fingerprint density at radius 3 is 2.46 bits per heavy atom. The number of fused-ring (bicyclic) bond motifs is 1. The average molecular weight is 601 g/mol. The number of rotatable bonds is 6. The van der Waals surface area contributed by atoms with Gasteiger partial charge >= 0.3 is 12.1 Å². The van der Waals surface area contributed by atoms with Crippen molar-refractivity contribution in [1.82, 2.24) is 25.3 Å². The molecule has 16 heteroatoms. The summed E-state index contributed by atoms with van der Waals surface area (Å²) in [5.74, 6) is -4.75. The third-order valence-corrected chi connectivity index (χ3v) is 6.32. The van der Waals surface area contributed by atoms with Crippen molar-refractivity contribution in [3.63, 3.8) is 0 Å². The molecule has 1 atom stereocenters. The van der Waals surface area contributed by atoms with Gasteiger partial charge < -0.3 is 26.4 Å². The highest BCUT2D eigenvalue weighted by molar-refractivity contribution is 6.30. The average Bonchev–Trinajstić information content (AvgIpc) is 3.10. The highest BCUT2D eigenvalue weighted by Gasteiger charge is 2.38. The molecule has 1 fully saturated rings. The van der Waals surface area contributed by atoms with Crippen molar-refractivity contribution in [2.24, 2.45) is 5.73 Å². The number of carbonyl (C=O) groups is 4. The first kappa shape index (κ1) is 31.3. The lowest BCUT2D eigenvalue weighted by molar-refractivity contribution is -0.192. The smallest absolute Gasteiger partial charge is 0.475 e. The fourth-order valence-electron chi connectivity index (χ4n) is 4.08. The molecule has 3 amide bonds. The molecule has 1 unspecified atom stereocenters. The van der Waals surface area contributed by atoms with E-state index in [1.54, 1.807) is 30.3 Å². The first-order valence-electron chi connectivity index (χ1n) is 12.1. The minimum absolute atomic E-state index is 0.0241. The van der Waals surface area contributed by atoms with E-state index in [2.05, 4.69) is 15.7 Å². The van der Waals surface area contributed by atoms with Crippen LogP contribution in [0.2, 0.25) is 5.02 Å². The molecular weight excluding hydrogens is 576 g/mol. The van der Waals surface area contributed by atoms with Gasteiger partial charge in [-0.3, -0.25) is 19.1 Å². The molecule has 0 aliphatic carbocycles. The number of halogens is 5. The van der Waals surface area contributed by atoms with E-state index in [1.165, 1.54) is 21.7 Å². The second-order valence-corrected chi connectivity index (χ2v) is 9.17. The lowest BCUT2D eigenvalue weighted by Gasteiger charge is -2.29. The second-order valence-electron chi connectivity index (χ2n) is 8.76. The predicted octanol–water partition coefficient (Wildman–Crippen LogP) is 2.07. The normalized spacial score (nSPS) is 15.4. The number of primary amides is 1. The van der Waals surface area contributed by atoms with Gasteiger partial charge in [0, 0.05) is 30.6 Å². The third kappa shape index (κ3) is 7.91. The van der Waals surface area contributed by atoms with Crippen LogP contribution in [0.25, 0.3) is 10.9 Å². The van der Waals surface area contributed by atoms with Gasteiger partial charge in [-0.2, -0.15) is 18.3 Å². The molecule has 4 rings (SSSR count). The summed E-state index contributed by atoms with van der Waals surface area (Å²) in [5, 5.41) is 17.8. The summed E-state index contributed by atoms with van der Waals surface area (Å²) in [4.78, 5) is 48.5. The number of carboxylic acids is 1. The largest absolute Gasteiger partial charge is 0.490 e. The van der Waals surface area contributed by atoms with Crippen LogP contribution < -0.4 is 16.4 Å². The van der Waals surface area contributed by atoms with E-state index >= 15 is 0 Å². The highest BCUT2D eigenvalue weighted by atomic mass is 35.5. The minimum Gasteiger partial charge on any atom is -0.475 e. The van der Waals surface area contributed by atoms with Crippen LogP contribution in [-0.2, 0) is 27.5 Å². The van der Waals surface area contributed by atoms with E-state index < -0.39 is 29.9 Å². The number of nitrogens with two attached hydrogens (primary N) is 1. The van der Waals surface area contributed by atoms with Crippen LogP contribution in [0.15, 0.2) is 42.5 Å². The molecule has 11 nitrogen and oxygen atoms in total. The zero-order chi connectivity index (χ0) is 30.3. The molecule has 0 bridgehead atoms. The summed E-state index contributed by atoms with van der Waals surface area (Å²) < 4.78 is 47.4. The Balaban J connectivity index is 0.000000587. The van der Waals surface area contributed by atoms with Gasteiger partial charge in [-0.15, -0.1) is 0 Å². The summed E-state index contributed by atoms with van der Waals surface area (Å²) in [7, 11) is 0. The Labute approximate surface area is 235 Å². The summed E-state index contributed by atoms with van der Waals surface area (Å²) in [6.07, 6.45) is -4.69. The number of hydrogen-bond acceptors (Lipinski definition) is 6. The van der Waals surface area contributed by atoms with E-state index in [0.29, 0.717) is 37.0 Å². The Morgan fingerprint density at radius 2 is 1.80 bits per heavy atom. The van der Waals surface area contributed by atoms with Gasteiger partial charge in [-0.1, -0.05) is 41.9 Å². The zero-order valence-electron chi connectivity index (χ0n) is 21.3. The number of carboxylic acid groups (broad SMARTS) is 1. The maximum absolute atomic E-state index is 14.2. The minimum atomic E-state index is -5.08. The molecule has 3 aromatic rings. The topological polar surface area (TPSA) is 160 Å². The van der Waals surface area contributed by atoms with Gasteiger partial charge in [-0.05, 0) is 25.1 Å².